The van der Waals surface area contributed by atoms with Crippen LogP contribution in [-0.2, 0) is 13.0 Å². The van der Waals surface area contributed by atoms with Crippen LogP contribution in [0, 0.1) is 5.92 Å². The van der Waals surface area contributed by atoms with Crippen LogP contribution < -0.4 is 0 Å². The number of hydrogen-bond acceptors (Lipinski definition) is 2. The molecule has 1 N–H and O–H groups in total. The number of aromatic carboxylic acids is 1. The van der Waals surface area contributed by atoms with Crippen molar-refractivity contribution >= 4 is 17.0 Å². The summed E-state index contributed by atoms with van der Waals surface area (Å²) in [6.45, 7) is 3.04. The summed E-state index contributed by atoms with van der Waals surface area (Å²) in [4.78, 5) is 16.1. The second-order valence-corrected chi connectivity index (χ2v) is 5.66. The molecule has 0 radical (unpaired) electrons. The first-order chi connectivity index (χ1) is 9.70. The Labute approximate surface area is 118 Å². The fourth-order valence-corrected chi connectivity index (χ4v) is 2.95. The number of benzene rings is 1. The van der Waals surface area contributed by atoms with Gasteiger partial charge in [0.15, 0.2) is 0 Å². The average molecular weight is 272 g/mol. The van der Waals surface area contributed by atoms with Gasteiger partial charge in [-0.25, -0.2) is 9.78 Å². The van der Waals surface area contributed by atoms with Crippen molar-refractivity contribution in [1.29, 1.82) is 0 Å². The predicted octanol–water partition coefficient (Wildman–Crippen LogP) is 3.49. The molecule has 2 aromatic rings. The molecule has 1 aliphatic rings. The van der Waals surface area contributed by atoms with Crippen molar-refractivity contribution in [2.45, 2.75) is 45.6 Å². The van der Waals surface area contributed by atoms with Gasteiger partial charge >= 0.3 is 5.97 Å². The minimum atomic E-state index is -0.867. The highest BCUT2D eigenvalue weighted by Gasteiger charge is 2.23. The van der Waals surface area contributed by atoms with E-state index in [2.05, 4.69) is 16.5 Å². The highest BCUT2D eigenvalue weighted by Crippen LogP contribution is 2.31. The molecule has 106 valence electrons. The summed E-state index contributed by atoms with van der Waals surface area (Å²) in [5.74, 6) is 0.848. The maximum absolute atomic E-state index is 11.5. The Morgan fingerprint density at radius 3 is 2.85 bits per heavy atom. The monoisotopic (exact) mass is 272 g/mol. The molecule has 20 heavy (non-hydrogen) atoms. The van der Waals surface area contributed by atoms with Crippen molar-refractivity contribution in [1.82, 2.24) is 9.55 Å². The van der Waals surface area contributed by atoms with Crippen molar-refractivity contribution in [2.24, 2.45) is 5.92 Å². The van der Waals surface area contributed by atoms with E-state index in [1.54, 1.807) is 12.1 Å². The Hall–Kier alpha value is -1.84. The van der Waals surface area contributed by atoms with Crippen LogP contribution in [0.15, 0.2) is 18.2 Å². The van der Waals surface area contributed by atoms with Crippen LogP contribution in [0.3, 0.4) is 0 Å². The summed E-state index contributed by atoms with van der Waals surface area (Å²) >= 11 is 0. The number of aromatic nitrogens is 2. The molecular weight excluding hydrogens is 252 g/mol. The number of fused-ring (bicyclic) bond motifs is 1. The van der Waals surface area contributed by atoms with E-state index < -0.39 is 5.97 Å². The minimum absolute atomic E-state index is 0.372. The molecule has 1 saturated carbocycles. The molecule has 0 bridgehead atoms. The Morgan fingerprint density at radius 2 is 2.25 bits per heavy atom. The average Bonchev–Trinajstić information content (AvgIpc) is 2.71. The van der Waals surface area contributed by atoms with E-state index in [9.17, 15) is 9.90 Å². The Morgan fingerprint density at radius 1 is 1.45 bits per heavy atom. The highest BCUT2D eigenvalue weighted by atomic mass is 16.4. The lowest BCUT2D eigenvalue weighted by Crippen LogP contribution is -2.20. The zero-order valence-electron chi connectivity index (χ0n) is 11.8. The first-order valence-electron chi connectivity index (χ1n) is 7.42. The van der Waals surface area contributed by atoms with Gasteiger partial charge in [0.1, 0.15) is 5.82 Å². The number of carboxylic acids is 1. The van der Waals surface area contributed by atoms with Gasteiger partial charge in [0, 0.05) is 13.0 Å². The molecule has 0 saturated heterocycles. The van der Waals surface area contributed by atoms with Gasteiger partial charge in [-0.15, -0.1) is 0 Å². The lowest BCUT2D eigenvalue weighted by atomic mass is 9.85. The lowest BCUT2D eigenvalue weighted by Gasteiger charge is -2.27. The standard InChI is InChI=1S/C16H20N2O2/c1-2-5-14-17-13-9-4-8-12(16(19)20)15(13)18(14)10-11-6-3-7-11/h4,8-9,11H,2-3,5-7,10H2,1H3,(H,19,20). The molecule has 0 unspecified atom stereocenters. The van der Waals surface area contributed by atoms with Gasteiger partial charge in [-0.05, 0) is 37.3 Å². The summed E-state index contributed by atoms with van der Waals surface area (Å²) in [6.07, 6.45) is 5.73. The third-order valence-corrected chi connectivity index (χ3v) is 4.22. The molecule has 0 amide bonds. The number of imidazole rings is 1. The number of hydrogen-bond donors (Lipinski definition) is 1. The van der Waals surface area contributed by atoms with Crippen molar-refractivity contribution in [3.05, 3.63) is 29.6 Å². The molecule has 1 heterocycles. The molecule has 1 aliphatic carbocycles. The SMILES string of the molecule is CCCc1nc2cccc(C(=O)O)c2n1CC1CCC1. The third-order valence-electron chi connectivity index (χ3n) is 4.22. The fraction of sp³-hybridized carbons (Fsp3) is 0.500. The van der Waals surface area contributed by atoms with E-state index in [0.29, 0.717) is 11.5 Å². The van der Waals surface area contributed by atoms with Crippen LogP contribution in [0.25, 0.3) is 11.0 Å². The van der Waals surface area contributed by atoms with Crippen LogP contribution in [-0.4, -0.2) is 20.6 Å². The number of rotatable bonds is 5. The van der Waals surface area contributed by atoms with Gasteiger partial charge in [-0.1, -0.05) is 19.4 Å². The smallest absolute Gasteiger partial charge is 0.337 e. The lowest BCUT2D eigenvalue weighted by molar-refractivity contribution is 0.0698. The van der Waals surface area contributed by atoms with Gasteiger partial charge in [0.2, 0.25) is 0 Å². The van der Waals surface area contributed by atoms with Gasteiger partial charge in [0.05, 0.1) is 16.6 Å². The predicted molar refractivity (Wildman–Crippen MR) is 78.0 cm³/mol. The summed E-state index contributed by atoms with van der Waals surface area (Å²) in [6, 6.07) is 5.37. The van der Waals surface area contributed by atoms with Crippen LogP contribution >= 0.6 is 0 Å². The minimum Gasteiger partial charge on any atom is -0.478 e. The topological polar surface area (TPSA) is 55.1 Å². The van der Waals surface area contributed by atoms with Gasteiger partial charge in [-0.2, -0.15) is 0 Å². The summed E-state index contributed by atoms with van der Waals surface area (Å²) in [7, 11) is 0. The molecular formula is C16H20N2O2. The van der Waals surface area contributed by atoms with E-state index in [0.717, 1.165) is 36.2 Å². The Balaban J connectivity index is 2.14. The molecule has 3 rings (SSSR count). The second-order valence-electron chi connectivity index (χ2n) is 5.66. The number of para-hydroxylation sites is 1. The zero-order chi connectivity index (χ0) is 14.1. The van der Waals surface area contributed by atoms with Crippen LogP contribution in [0.1, 0.15) is 48.8 Å². The Bertz CT molecular complexity index is 641. The van der Waals surface area contributed by atoms with E-state index in [4.69, 9.17) is 0 Å². The number of nitrogens with zero attached hydrogens (tertiary/aromatic N) is 2. The van der Waals surface area contributed by atoms with Crippen molar-refractivity contribution in [2.75, 3.05) is 0 Å². The summed E-state index contributed by atoms with van der Waals surface area (Å²) < 4.78 is 2.16. The molecule has 1 fully saturated rings. The van der Waals surface area contributed by atoms with Gasteiger partial charge in [-0.3, -0.25) is 0 Å². The van der Waals surface area contributed by atoms with Crippen molar-refractivity contribution in [3.63, 3.8) is 0 Å². The molecule has 1 aromatic carbocycles. The summed E-state index contributed by atoms with van der Waals surface area (Å²) in [5, 5.41) is 9.41. The zero-order valence-corrected chi connectivity index (χ0v) is 11.8. The first-order valence-corrected chi connectivity index (χ1v) is 7.42. The van der Waals surface area contributed by atoms with Crippen LogP contribution in [0.5, 0.6) is 0 Å². The molecule has 0 atom stereocenters. The normalized spacial score (nSPS) is 15.4. The Kier molecular flexibility index (Phi) is 3.47. The van der Waals surface area contributed by atoms with E-state index in [1.807, 2.05) is 6.07 Å². The number of carboxylic acid groups (broad SMARTS) is 1. The fourth-order valence-electron chi connectivity index (χ4n) is 2.95. The maximum atomic E-state index is 11.5. The van der Waals surface area contributed by atoms with Crippen LogP contribution in [0.4, 0.5) is 0 Å². The van der Waals surface area contributed by atoms with Gasteiger partial charge < -0.3 is 9.67 Å². The van der Waals surface area contributed by atoms with Crippen molar-refractivity contribution < 1.29 is 9.90 Å². The molecule has 4 heteroatoms. The number of carbonyl (C=O) groups is 1. The molecule has 0 spiro atoms. The van der Waals surface area contributed by atoms with Crippen LogP contribution in [0.2, 0.25) is 0 Å². The van der Waals surface area contributed by atoms with Gasteiger partial charge in [0.25, 0.3) is 0 Å². The second kappa shape index (κ2) is 5.27. The largest absolute Gasteiger partial charge is 0.478 e. The van der Waals surface area contributed by atoms with Crippen molar-refractivity contribution in [3.8, 4) is 0 Å². The van der Waals surface area contributed by atoms with E-state index >= 15 is 0 Å². The first kappa shape index (κ1) is 13.2. The highest BCUT2D eigenvalue weighted by molar-refractivity contribution is 6.01. The summed E-state index contributed by atoms with van der Waals surface area (Å²) in [5.41, 5.74) is 1.99. The number of aryl methyl sites for hydroxylation is 1. The third kappa shape index (κ3) is 2.19. The van der Waals surface area contributed by atoms with E-state index in [-0.39, 0.29) is 0 Å². The maximum Gasteiger partial charge on any atom is 0.337 e. The van der Waals surface area contributed by atoms with E-state index in [1.165, 1.54) is 19.3 Å². The molecule has 1 aromatic heterocycles. The molecule has 0 aliphatic heterocycles. The quantitative estimate of drug-likeness (QED) is 0.906. The molecule has 4 nitrogen and oxygen atoms in total.